The Hall–Kier alpha value is -4.44. The van der Waals surface area contributed by atoms with E-state index < -0.39 is 83.2 Å². The fourth-order valence-electron chi connectivity index (χ4n) is 4.69. The lowest BCUT2D eigenvalue weighted by atomic mass is 10.0. The fourth-order valence-corrected chi connectivity index (χ4v) is 6.08. The van der Waals surface area contributed by atoms with Crippen LogP contribution in [0.1, 0.15) is 40.0 Å². The number of amides is 6. The van der Waals surface area contributed by atoms with Crippen LogP contribution >= 0.6 is 23.4 Å². The first-order valence-electron chi connectivity index (χ1n) is 12.4. The van der Waals surface area contributed by atoms with Crippen molar-refractivity contribution in [3.8, 4) is 0 Å². The normalized spacial score (nSPS) is 19.9. The minimum absolute atomic E-state index is 0.0330. The highest BCUT2D eigenvalue weighted by Crippen LogP contribution is 2.40. The van der Waals surface area contributed by atoms with Gasteiger partial charge in [-0.1, -0.05) is 12.1 Å². The van der Waals surface area contributed by atoms with Crippen LogP contribution in [0, 0.1) is 0 Å². The molecule has 1 saturated heterocycles. The Labute approximate surface area is 246 Å². The molecule has 1 fully saturated rings. The predicted octanol–water partition coefficient (Wildman–Crippen LogP) is 0.136. The van der Waals surface area contributed by atoms with Gasteiger partial charge < -0.3 is 20.3 Å². The summed E-state index contributed by atoms with van der Waals surface area (Å²) in [5.74, 6) is -6.94. The molecule has 0 spiro atoms. The van der Waals surface area contributed by atoms with Gasteiger partial charge in [0.2, 0.25) is 11.8 Å². The number of alkyl halides is 1. The average Bonchev–Trinajstić information content (AvgIpc) is 3.21. The second kappa shape index (κ2) is 12.6. The number of carbonyl (C=O) groups excluding carboxylic acids is 6. The number of hydrogen-bond acceptors (Lipinski definition) is 10. The van der Waals surface area contributed by atoms with Gasteiger partial charge in [-0.15, -0.1) is 23.4 Å². The summed E-state index contributed by atoms with van der Waals surface area (Å²) in [6.07, 6.45) is -1.62. The third-order valence-electron chi connectivity index (χ3n) is 6.61. The summed E-state index contributed by atoms with van der Waals surface area (Å²) in [7, 11) is 0. The van der Waals surface area contributed by atoms with E-state index in [1.807, 2.05) is 5.32 Å². The number of aliphatic carboxylic acids is 2. The SMILES string of the molecule is O=C(CCl)NC(=O)OCC1=C(C(=O)O)N2C(=O)C(NC(=O)CCCC(C(=O)O)N3C(=O)c4ccccc4C3=O)C2SC1. The molecule has 222 valence electrons. The second-order valence-corrected chi connectivity index (χ2v) is 10.6. The Morgan fingerprint density at radius 3 is 2.26 bits per heavy atom. The smallest absolute Gasteiger partial charge is 0.414 e. The van der Waals surface area contributed by atoms with Gasteiger partial charge in [0.1, 0.15) is 35.6 Å². The molecule has 1 aromatic rings. The number of fused-ring (bicyclic) bond motifs is 2. The van der Waals surface area contributed by atoms with E-state index >= 15 is 0 Å². The monoisotopic (exact) mass is 622 g/mol. The molecule has 17 heteroatoms. The molecule has 1 aromatic carbocycles. The Kier molecular flexibility index (Phi) is 9.16. The minimum atomic E-state index is -1.50. The number of alkyl carbamates (subject to hydrolysis) is 1. The number of rotatable bonds is 11. The van der Waals surface area contributed by atoms with Crippen LogP contribution in [0.5, 0.6) is 0 Å². The number of halogens is 1. The molecule has 4 N–H and O–H groups in total. The molecular formula is C25H23ClN4O11S. The van der Waals surface area contributed by atoms with Crippen molar-refractivity contribution in [2.24, 2.45) is 0 Å². The van der Waals surface area contributed by atoms with Crippen molar-refractivity contribution in [3.05, 3.63) is 46.7 Å². The van der Waals surface area contributed by atoms with Crippen LogP contribution in [0.15, 0.2) is 35.5 Å². The number of ether oxygens (including phenoxy) is 1. The van der Waals surface area contributed by atoms with Crippen molar-refractivity contribution in [3.63, 3.8) is 0 Å². The molecule has 3 heterocycles. The molecule has 0 aromatic heterocycles. The van der Waals surface area contributed by atoms with E-state index in [0.717, 1.165) is 16.7 Å². The van der Waals surface area contributed by atoms with Gasteiger partial charge in [0.25, 0.3) is 17.7 Å². The van der Waals surface area contributed by atoms with Gasteiger partial charge >= 0.3 is 18.0 Å². The van der Waals surface area contributed by atoms with Gasteiger partial charge in [0, 0.05) is 17.7 Å². The fraction of sp³-hybridized carbons (Fsp3) is 0.360. The number of carbonyl (C=O) groups is 8. The van der Waals surface area contributed by atoms with E-state index in [0.29, 0.717) is 4.90 Å². The molecule has 0 radical (unpaired) electrons. The van der Waals surface area contributed by atoms with E-state index in [1.54, 1.807) is 12.1 Å². The Morgan fingerprint density at radius 1 is 1.05 bits per heavy atom. The van der Waals surface area contributed by atoms with Gasteiger partial charge in [0.15, 0.2) is 0 Å². The number of nitrogens with one attached hydrogen (secondary N) is 2. The predicted molar refractivity (Wildman–Crippen MR) is 142 cm³/mol. The maximum atomic E-state index is 12.8. The standard InChI is InChI=1S/C25H23ClN4O11S/c26-8-16(32)28-25(40)41-9-11-10-42-22-17(21(35)30(22)18(11)24(38)39)27-15(31)7-3-6-14(23(36)37)29-19(33)12-4-1-2-5-13(12)20(29)34/h1-2,4-5,14,17,22H,3,6-10H2,(H,27,31)(H,36,37)(H,38,39)(H,28,32,40). The summed E-state index contributed by atoms with van der Waals surface area (Å²) in [5.41, 5.74) is -0.114. The van der Waals surface area contributed by atoms with Gasteiger partial charge in [0.05, 0.1) is 11.1 Å². The molecule has 3 atom stereocenters. The lowest BCUT2D eigenvalue weighted by Gasteiger charge is -2.49. The quantitative estimate of drug-likeness (QED) is 0.147. The van der Waals surface area contributed by atoms with Crippen molar-refractivity contribution in [2.75, 3.05) is 18.2 Å². The van der Waals surface area contributed by atoms with Crippen molar-refractivity contribution >= 4 is 70.9 Å². The molecule has 4 rings (SSSR count). The molecule has 0 aliphatic carbocycles. The van der Waals surface area contributed by atoms with Crippen LogP contribution in [0.2, 0.25) is 0 Å². The zero-order chi connectivity index (χ0) is 30.7. The van der Waals surface area contributed by atoms with Crippen LogP contribution in [0.3, 0.4) is 0 Å². The van der Waals surface area contributed by atoms with Gasteiger partial charge in [-0.2, -0.15) is 0 Å². The first-order chi connectivity index (χ1) is 20.0. The Balaban J connectivity index is 1.32. The number of carboxylic acids is 2. The molecule has 3 unspecified atom stereocenters. The Morgan fingerprint density at radius 2 is 1.69 bits per heavy atom. The van der Waals surface area contributed by atoms with E-state index in [4.69, 9.17) is 16.3 Å². The highest BCUT2D eigenvalue weighted by molar-refractivity contribution is 8.00. The number of benzene rings is 1. The summed E-state index contributed by atoms with van der Waals surface area (Å²) in [6, 6.07) is 3.39. The van der Waals surface area contributed by atoms with Crippen LogP contribution in [0.25, 0.3) is 0 Å². The molecule has 15 nitrogen and oxygen atoms in total. The van der Waals surface area contributed by atoms with E-state index in [-0.39, 0.29) is 41.7 Å². The number of hydrogen-bond donors (Lipinski definition) is 4. The van der Waals surface area contributed by atoms with Gasteiger partial charge in [-0.25, -0.2) is 14.4 Å². The number of thioether (sulfide) groups is 1. The lowest BCUT2D eigenvalue weighted by molar-refractivity contribution is -0.150. The van der Waals surface area contributed by atoms with Gasteiger partial charge in [-0.05, 0) is 25.0 Å². The third kappa shape index (κ3) is 5.94. The largest absolute Gasteiger partial charge is 0.480 e. The summed E-state index contributed by atoms with van der Waals surface area (Å²) in [5, 5.41) is 23.0. The topological polar surface area (TPSA) is 217 Å². The first-order valence-corrected chi connectivity index (χ1v) is 14.0. The summed E-state index contributed by atoms with van der Waals surface area (Å²) in [4.78, 5) is 99.0. The molecule has 0 bridgehead atoms. The molecular weight excluding hydrogens is 600 g/mol. The van der Waals surface area contributed by atoms with Crippen LogP contribution in [0.4, 0.5) is 4.79 Å². The van der Waals surface area contributed by atoms with Crippen molar-refractivity contribution in [2.45, 2.75) is 36.7 Å². The highest BCUT2D eigenvalue weighted by atomic mass is 35.5. The van der Waals surface area contributed by atoms with Crippen molar-refractivity contribution in [1.29, 1.82) is 0 Å². The van der Waals surface area contributed by atoms with E-state index in [9.17, 15) is 48.6 Å². The zero-order valence-corrected chi connectivity index (χ0v) is 23.1. The molecule has 42 heavy (non-hydrogen) atoms. The van der Waals surface area contributed by atoms with Crippen LogP contribution in [-0.2, 0) is 28.7 Å². The summed E-state index contributed by atoms with van der Waals surface area (Å²) < 4.78 is 4.86. The summed E-state index contributed by atoms with van der Waals surface area (Å²) in [6.45, 7) is -0.512. The van der Waals surface area contributed by atoms with Crippen molar-refractivity contribution in [1.82, 2.24) is 20.4 Å². The Bertz CT molecular complexity index is 1400. The lowest BCUT2D eigenvalue weighted by Crippen LogP contribution is -2.70. The average molecular weight is 623 g/mol. The number of imide groups is 2. The minimum Gasteiger partial charge on any atom is -0.480 e. The van der Waals surface area contributed by atoms with Crippen molar-refractivity contribution < 1.29 is 53.3 Å². The van der Waals surface area contributed by atoms with E-state index in [2.05, 4.69) is 5.32 Å². The maximum Gasteiger partial charge on any atom is 0.414 e. The first kappa shape index (κ1) is 30.5. The summed E-state index contributed by atoms with van der Waals surface area (Å²) >= 11 is 6.41. The highest BCUT2D eigenvalue weighted by Gasteiger charge is 2.54. The number of nitrogens with zero attached hydrogens (tertiary/aromatic N) is 2. The van der Waals surface area contributed by atoms with Crippen LogP contribution in [-0.4, -0.2) is 103 Å². The number of β-lactam (4-membered cyclic amide) rings is 1. The molecule has 0 saturated carbocycles. The maximum absolute atomic E-state index is 12.8. The van der Waals surface area contributed by atoms with E-state index in [1.165, 1.54) is 12.1 Å². The number of carboxylic acid groups (broad SMARTS) is 2. The second-order valence-electron chi connectivity index (χ2n) is 9.24. The molecule has 6 amide bonds. The zero-order valence-electron chi connectivity index (χ0n) is 21.5. The third-order valence-corrected chi connectivity index (χ3v) is 8.19. The van der Waals surface area contributed by atoms with Gasteiger partial charge in [-0.3, -0.25) is 39.1 Å². The van der Waals surface area contributed by atoms with Crippen LogP contribution < -0.4 is 10.6 Å². The molecule has 3 aliphatic heterocycles. The molecule has 3 aliphatic rings.